The Morgan fingerprint density at radius 2 is 1.68 bits per heavy atom. The Labute approximate surface area is 163 Å². The molecule has 154 valence electrons. The van der Waals surface area contributed by atoms with Gasteiger partial charge in [-0.25, -0.2) is 4.79 Å². The largest absolute Gasteiger partial charge is 0.493 e. The van der Waals surface area contributed by atoms with E-state index in [1.807, 2.05) is 7.05 Å². The van der Waals surface area contributed by atoms with Crippen LogP contribution >= 0.6 is 0 Å². The van der Waals surface area contributed by atoms with Gasteiger partial charge in [-0.1, -0.05) is 0 Å². The van der Waals surface area contributed by atoms with Gasteiger partial charge in [0.15, 0.2) is 17.5 Å². The quantitative estimate of drug-likeness (QED) is 0.792. The maximum atomic E-state index is 13.5. The van der Waals surface area contributed by atoms with E-state index in [0.29, 0.717) is 43.2 Å². The number of nitrogens with zero attached hydrogens (tertiary/aromatic N) is 2. The highest BCUT2D eigenvalue weighted by Gasteiger charge is 2.53. The van der Waals surface area contributed by atoms with Crippen molar-refractivity contribution in [2.75, 3.05) is 48.1 Å². The number of ether oxygens (including phenoxy) is 4. The second-order valence-electron chi connectivity index (χ2n) is 7.00. The summed E-state index contributed by atoms with van der Waals surface area (Å²) in [5.74, 6) is -0.502. The average molecular weight is 394 g/mol. The number of methoxy groups -OCH3 is 3. The number of piperidine rings is 1. The van der Waals surface area contributed by atoms with E-state index in [0.717, 1.165) is 0 Å². The van der Waals surface area contributed by atoms with Crippen molar-refractivity contribution in [3.63, 3.8) is 0 Å². The number of hydrogen-bond acceptors (Lipinski definition) is 7. The molecule has 0 aliphatic carbocycles. The standard InChI is InChI=1S/C19H26N2O7/c1-20-7-5-19(6-8-20)21(13(11-28-19)18(23)24)17(22)12-9-14(25-2)16(27-4)15(10-12)26-3/h9-10,13H,5-8,11H2,1-4H3,(H,23,24)/t13-/m0/s1. The molecule has 9 heteroatoms. The molecule has 9 nitrogen and oxygen atoms in total. The maximum absolute atomic E-state index is 13.5. The van der Waals surface area contributed by atoms with E-state index < -0.39 is 23.6 Å². The number of aliphatic carboxylic acids is 1. The number of hydrogen-bond donors (Lipinski definition) is 1. The van der Waals surface area contributed by atoms with E-state index in [1.54, 1.807) is 0 Å². The van der Waals surface area contributed by atoms with Gasteiger partial charge in [-0.3, -0.25) is 9.69 Å². The molecular weight excluding hydrogens is 368 g/mol. The summed E-state index contributed by atoms with van der Waals surface area (Å²) in [7, 11) is 6.39. The number of likely N-dealkylation sites (tertiary alicyclic amines) is 1. The van der Waals surface area contributed by atoms with Crippen molar-refractivity contribution in [1.82, 2.24) is 9.80 Å². The van der Waals surface area contributed by atoms with Crippen LogP contribution in [0.25, 0.3) is 0 Å². The van der Waals surface area contributed by atoms with Crippen LogP contribution in [0, 0.1) is 0 Å². The Hall–Kier alpha value is -2.52. The summed E-state index contributed by atoms with van der Waals surface area (Å²) < 4.78 is 21.9. The second-order valence-corrected chi connectivity index (χ2v) is 7.00. The van der Waals surface area contributed by atoms with Gasteiger partial charge in [-0.15, -0.1) is 0 Å². The van der Waals surface area contributed by atoms with Crippen LogP contribution in [0.5, 0.6) is 17.2 Å². The molecule has 1 spiro atoms. The SMILES string of the molecule is COc1cc(C(=O)N2[C@H](C(=O)O)COC23CCN(C)CC3)cc(OC)c1OC. The highest BCUT2D eigenvalue weighted by Crippen LogP contribution is 2.42. The van der Waals surface area contributed by atoms with Gasteiger partial charge in [0.1, 0.15) is 5.72 Å². The number of amides is 1. The lowest BCUT2D eigenvalue weighted by Crippen LogP contribution is -2.57. The fourth-order valence-electron chi connectivity index (χ4n) is 3.87. The molecule has 1 aromatic rings. The molecule has 1 amide bonds. The third kappa shape index (κ3) is 3.35. The van der Waals surface area contributed by atoms with Crippen molar-refractivity contribution >= 4 is 11.9 Å². The Kier molecular flexibility index (Phi) is 5.66. The molecule has 2 fully saturated rings. The van der Waals surface area contributed by atoms with Gasteiger partial charge in [0.2, 0.25) is 5.75 Å². The number of benzene rings is 1. The van der Waals surface area contributed by atoms with Crippen LogP contribution in [0.15, 0.2) is 12.1 Å². The molecule has 1 aromatic carbocycles. The monoisotopic (exact) mass is 394 g/mol. The number of carboxylic acid groups (broad SMARTS) is 1. The zero-order valence-electron chi connectivity index (χ0n) is 16.6. The van der Waals surface area contributed by atoms with Crippen LogP contribution in [0.4, 0.5) is 0 Å². The molecule has 2 aliphatic heterocycles. The highest BCUT2D eigenvalue weighted by atomic mass is 16.5. The van der Waals surface area contributed by atoms with Crippen molar-refractivity contribution in [2.24, 2.45) is 0 Å². The van der Waals surface area contributed by atoms with E-state index in [-0.39, 0.29) is 12.2 Å². The van der Waals surface area contributed by atoms with Crippen molar-refractivity contribution in [2.45, 2.75) is 24.6 Å². The first-order chi connectivity index (χ1) is 13.4. The van der Waals surface area contributed by atoms with E-state index in [4.69, 9.17) is 18.9 Å². The fourth-order valence-corrected chi connectivity index (χ4v) is 3.87. The van der Waals surface area contributed by atoms with Crippen molar-refractivity contribution in [3.05, 3.63) is 17.7 Å². The summed E-state index contributed by atoms with van der Waals surface area (Å²) in [5.41, 5.74) is -0.669. The smallest absolute Gasteiger partial charge is 0.328 e. The van der Waals surface area contributed by atoms with E-state index in [1.165, 1.54) is 38.4 Å². The molecule has 2 aliphatic rings. The predicted octanol–water partition coefficient (Wildman–Crippen LogP) is 1.06. The molecule has 2 heterocycles. The summed E-state index contributed by atoms with van der Waals surface area (Å²) in [6.45, 7) is 1.39. The normalized spacial score (nSPS) is 21.6. The zero-order valence-corrected chi connectivity index (χ0v) is 16.6. The Morgan fingerprint density at radius 1 is 1.11 bits per heavy atom. The summed E-state index contributed by atoms with van der Waals surface area (Å²) >= 11 is 0. The topological polar surface area (TPSA) is 97.8 Å². The number of carboxylic acids is 1. The van der Waals surface area contributed by atoms with Crippen molar-refractivity contribution < 1.29 is 33.6 Å². The van der Waals surface area contributed by atoms with Gasteiger partial charge in [-0.05, 0) is 19.2 Å². The third-order valence-electron chi connectivity index (χ3n) is 5.44. The first-order valence-electron chi connectivity index (χ1n) is 9.06. The van der Waals surface area contributed by atoms with E-state index in [2.05, 4.69) is 4.90 Å². The summed E-state index contributed by atoms with van der Waals surface area (Å²) in [6, 6.07) is 2.02. The van der Waals surface area contributed by atoms with Gasteiger partial charge in [-0.2, -0.15) is 0 Å². The van der Waals surface area contributed by atoms with Crippen molar-refractivity contribution in [1.29, 1.82) is 0 Å². The summed E-state index contributed by atoms with van der Waals surface area (Å²) in [6.07, 6.45) is 1.09. The Bertz CT molecular complexity index is 734. The van der Waals surface area contributed by atoms with Gasteiger partial charge in [0, 0.05) is 31.5 Å². The molecule has 2 saturated heterocycles. The van der Waals surface area contributed by atoms with Crippen LogP contribution in [0.2, 0.25) is 0 Å². The third-order valence-corrected chi connectivity index (χ3v) is 5.44. The molecule has 0 bridgehead atoms. The molecule has 1 atom stereocenters. The minimum atomic E-state index is -1.09. The van der Waals surface area contributed by atoms with Crippen LogP contribution in [-0.2, 0) is 9.53 Å². The van der Waals surface area contributed by atoms with Gasteiger partial charge in [0.05, 0.1) is 27.9 Å². The zero-order chi connectivity index (χ0) is 20.5. The van der Waals surface area contributed by atoms with Crippen LogP contribution in [0.1, 0.15) is 23.2 Å². The molecule has 0 unspecified atom stereocenters. The molecule has 28 heavy (non-hydrogen) atoms. The Balaban J connectivity index is 2.03. The van der Waals surface area contributed by atoms with Crippen LogP contribution < -0.4 is 14.2 Å². The van der Waals surface area contributed by atoms with Crippen molar-refractivity contribution in [3.8, 4) is 17.2 Å². The molecule has 0 saturated carbocycles. The summed E-state index contributed by atoms with van der Waals surface area (Å²) in [4.78, 5) is 28.8. The first kappa shape index (κ1) is 20.2. The molecule has 3 rings (SSSR count). The molecule has 0 aromatic heterocycles. The number of carbonyl (C=O) groups is 2. The van der Waals surface area contributed by atoms with E-state index in [9.17, 15) is 14.7 Å². The lowest BCUT2D eigenvalue weighted by molar-refractivity contribution is -0.143. The minimum Gasteiger partial charge on any atom is -0.493 e. The molecule has 1 N–H and O–H groups in total. The fraction of sp³-hybridized carbons (Fsp3) is 0.579. The molecular formula is C19H26N2O7. The van der Waals surface area contributed by atoms with Crippen LogP contribution in [0.3, 0.4) is 0 Å². The van der Waals surface area contributed by atoms with Gasteiger partial charge < -0.3 is 29.0 Å². The minimum absolute atomic E-state index is 0.0325. The lowest BCUT2D eigenvalue weighted by Gasteiger charge is -2.43. The maximum Gasteiger partial charge on any atom is 0.328 e. The first-order valence-corrected chi connectivity index (χ1v) is 9.06. The highest BCUT2D eigenvalue weighted by molar-refractivity contribution is 5.98. The van der Waals surface area contributed by atoms with Gasteiger partial charge >= 0.3 is 5.97 Å². The summed E-state index contributed by atoms with van der Waals surface area (Å²) in [5, 5.41) is 9.68. The number of rotatable bonds is 5. The van der Waals surface area contributed by atoms with E-state index >= 15 is 0 Å². The Morgan fingerprint density at radius 3 is 2.14 bits per heavy atom. The second kappa shape index (κ2) is 7.84. The number of carbonyl (C=O) groups excluding carboxylic acids is 1. The molecule has 0 radical (unpaired) electrons. The lowest BCUT2D eigenvalue weighted by atomic mass is 9.97. The average Bonchev–Trinajstić information content (AvgIpc) is 3.07. The van der Waals surface area contributed by atoms with Crippen LogP contribution in [-0.4, -0.2) is 86.6 Å². The predicted molar refractivity (Wildman–Crippen MR) is 99.1 cm³/mol. The van der Waals surface area contributed by atoms with Gasteiger partial charge in [0.25, 0.3) is 5.91 Å².